The second-order valence-electron chi connectivity index (χ2n) is 4.38. The summed E-state index contributed by atoms with van der Waals surface area (Å²) in [6.45, 7) is 0.418. The normalized spacial score (nSPS) is 10.7. The van der Waals surface area contributed by atoms with Gasteiger partial charge in [-0.2, -0.15) is 0 Å². The predicted octanol–water partition coefficient (Wildman–Crippen LogP) is 3.30. The van der Waals surface area contributed by atoms with Crippen LogP contribution in [0, 0.1) is 0 Å². The van der Waals surface area contributed by atoms with Crippen LogP contribution in [0.1, 0.15) is 5.56 Å². The Kier molecular flexibility index (Phi) is 7.90. The van der Waals surface area contributed by atoms with Gasteiger partial charge < -0.3 is 20.5 Å². The average Bonchev–Trinajstić information content (AvgIpc) is 2.53. The molecule has 3 N–H and O–H groups in total. The number of nitrogens with zero attached hydrogens (tertiary/aromatic N) is 2. The third-order valence-corrected chi connectivity index (χ3v) is 3.16. The summed E-state index contributed by atoms with van der Waals surface area (Å²) in [5.74, 6) is 1.43. The number of hydrogen-bond donors (Lipinski definition) is 2. The quantitative estimate of drug-likeness (QED) is 0.417. The van der Waals surface area contributed by atoms with Crippen molar-refractivity contribution in [2.45, 2.75) is 6.54 Å². The maximum Gasteiger partial charge on any atom is 0.213 e. The molecule has 0 bridgehead atoms. The summed E-state index contributed by atoms with van der Waals surface area (Å²) in [6.07, 6.45) is 1.66. The molecule has 0 aliphatic carbocycles. The minimum absolute atomic E-state index is 0. The summed E-state index contributed by atoms with van der Waals surface area (Å²) in [6, 6.07) is 8.94. The summed E-state index contributed by atoms with van der Waals surface area (Å²) >= 11 is 6.05. The van der Waals surface area contributed by atoms with Gasteiger partial charge in [0, 0.05) is 18.0 Å². The fourth-order valence-electron chi connectivity index (χ4n) is 1.77. The standard InChI is InChI=1S/C15H17ClN4O2.HI/c1-21-13-4-3-11(8-12(13)16)20-15(17)19-9-10-5-6-18-14(7-10)22-2;/h3-8H,9H2,1-2H3,(H3,17,19,20);1H. The van der Waals surface area contributed by atoms with E-state index in [1.165, 1.54) is 0 Å². The third kappa shape index (κ3) is 5.76. The highest BCUT2D eigenvalue weighted by Gasteiger charge is 2.03. The summed E-state index contributed by atoms with van der Waals surface area (Å²) < 4.78 is 10.2. The number of nitrogens with two attached hydrogens (primary N) is 1. The largest absolute Gasteiger partial charge is 0.495 e. The van der Waals surface area contributed by atoms with Crippen molar-refractivity contribution in [1.29, 1.82) is 0 Å². The van der Waals surface area contributed by atoms with Crippen LogP contribution in [-0.4, -0.2) is 25.2 Å². The number of ether oxygens (including phenoxy) is 2. The number of pyridine rings is 1. The Morgan fingerprint density at radius 3 is 2.70 bits per heavy atom. The number of nitrogens with one attached hydrogen (secondary N) is 1. The minimum atomic E-state index is 0. The van der Waals surface area contributed by atoms with E-state index in [0.717, 1.165) is 11.3 Å². The number of aromatic nitrogens is 1. The molecule has 23 heavy (non-hydrogen) atoms. The number of guanidine groups is 1. The average molecular weight is 449 g/mol. The van der Waals surface area contributed by atoms with Crippen molar-refractivity contribution in [1.82, 2.24) is 4.98 Å². The van der Waals surface area contributed by atoms with E-state index in [1.54, 1.807) is 38.6 Å². The van der Waals surface area contributed by atoms with Crippen LogP contribution in [-0.2, 0) is 6.54 Å². The number of benzene rings is 1. The van der Waals surface area contributed by atoms with Crippen LogP contribution in [0.3, 0.4) is 0 Å². The topological polar surface area (TPSA) is 81.8 Å². The van der Waals surface area contributed by atoms with Crippen LogP contribution < -0.4 is 20.5 Å². The number of aliphatic imine (C=N–C) groups is 1. The first-order chi connectivity index (χ1) is 10.6. The highest BCUT2D eigenvalue weighted by molar-refractivity contribution is 14.0. The Labute approximate surface area is 157 Å². The van der Waals surface area contributed by atoms with Gasteiger partial charge in [0.1, 0.15) is 5.75 Å². The van der Waals surface area contributed by atoms with Gasteiger partial charge in [0.15, 0.2) is 5.96 Å². The van der Waals surface area contributed by atoms with Gasteiger partial charge in [0.25, 0.3) is 0 Å². The molecule has 0 fully saturated rings. The molecule has 6 nitrogen and oxygen atoms in total. The second kappa shape index (κ2) is 9.41. The fraction of sp³-hybridized carbons (Fsp3) is 0.200. The van der Waals surface area contributed by atoms with Gasteiger partial charge in [-0.25, -0.2) is 9.98 Å². The Morgan fingerprint density at radius 1 is 1.26 bits per heavy atom. The van der Waals surface area contributed by atoms with E-state index >= 15 is 0 Å². The van der Waals surface area contributed by atoms with Gasteiger partial charge >= 0.3 is 0 Å². The van der Waals surface area contributed by atoms with E-state index in [9.17, 15) is 0 Å². The molecule has 1 aromatic heterocycles. The molecule has 8 heteroatoms. The molecular weight excluding hydrogens is 431 g/mol. The molecule has 2 rings (SSSR count). The smallest absolute Gasteiger partial charge is 0.213 e. The van der Waals surface area contributed by atoms with Gasteiger partial charge in [0.2, 0.25) is 5.88 Å². The number of halogens is 2. The molecule has 0 radical (unpaired) electrons. The zero-order valence-electron chi connectivity index (χ0n) is 12.7. The van der Waals surface area contributed by atoms with Crippen molar-refractivity contribution in [3.8, 4) is 11.6 Å². The lowest BCUT2D eigenvalue weighted by molar-refractivity contribution is 0.397. The first kappa shape index (κ1) is 19.3. The maximum atomic E-state index is 6.05. The Morgan fingerprint density at radius 2 is 2.04 bits per heavy atom. The van der Waals surface area contributed by atoms with Gasteiger partial charge in [-0.05, 0) is 29.8 Å². The number of methoxy groups -OCH3 is 2. The van der Waals surface area contributed by atoms with Crippen LogP contribution >= 0.6 is 35.6 Å². The maximum absolute atomic E-state index is 6.05. The van der Waals surface area contributed by atoms with Crippen molar-refractivity contribution in [3.63, 3.8) is 0 Å². The lowest BCUT2D eigenvalue weighted by atomic mass is 10.3. The van der Waals surface area contributed by atoms with E-state index in [-0.39, 0.29) is 29.9 Å². The number of anilines is 1. The molecule has 0 saturated heterocycles. The van der Waals surface area contributed by atoms with E-state index in [2.05, 4.69) is 15.3 Å². The van der Waals surface area contributed by atoms with Crippen LogP contribution in [0.4, 0.5) is 5.69 Å². The monoisotopic (exact) mass is 448 g/mol. The van der Waals surface area contributed by atoms with Crippen LogP contribution in [0.2, 0.25) is 5.02 Å². The van der Waals surface area contributed by atoms with E-state index < -0.39 is 0 Å². The van der Waals surface area contributed by atoms with E-state index in [0.29, 0.717) is 23.2 Å². The minimum Gasteiger partial charge on any atom is -0.495 e. The van der Waals surface area contributed by atoms with Gasteiger partial charge in [0.05, 0.1) is 25.8 Å². The molecule has 0 atom stereocenters. The molecule has 0 aliphatic heterocycles. The summed E-state index contributed by atoms with van der Waals surface area (Å²) in [4.78, 5) is 8.30. The predicted molar refractivity (Wildman–Crippen MR) is 103 cm³/mol. The SMILES string of the molecule is COc1cc(CN=C(N)Nc2ccc(OC)c(Cl)c2)ccn1.I. The number of hydrogen-bond acceptors (Lipinski definition) is 4. The van der Waals surface area contributed by atoms with Gasteiger partial charge in [-0.1, -0.05) is 11.6 Å². The summed E-state index contributed by atoms with van der Waals surface area (Å²) in [5, 5.41) is 3.47. The zero-order valence-corrected chi connectivity index (χ0v) is 15.8. The first-order valence-electron chi connectivity index (χ1n) is 6.51. The molecular formula is C15H18ClIN4O2. The fourth-order valence-corrected chi connectivity index (χ4v) is 2.03. The molecule has 1 heterocycles. The van der Waals surface area contributed by atoms with Crippen molar-refractivity contribution in [3.05, 3.63) is 47.1 Å². The Balaban J connectivity index is 0.00000264. The number of rotatable bonds is 5. The molecule has 0 unspecified atom stereocenters. The third-order valence-electron chi connectivity index (χ3n) is 2.86. The molecule has 0 aliphatic rings. The molecule has 0 amide bonds. The molecule has 124 valence electrons. The highest BCUT2D eigenvalue weighted by atomic mass is 127. The van der Waals surface area contributed by atoms with Crippen LogP contribution in [0.5, 0.6) is 11.6 Å². The van der Waals surface area contributed by atoms with E-state index in [1.807, 2.05) is 12.1 Å². The second-order valence-corrected chi connectivity index (χ2v) is 4.79. The highest BCUT2D eigenvalue weighted by Crippen LogP contribution is 2.27. The van der Waals surface area contributed by atoms with Crippen molar-refractivity contribution in [2.24, 2.45) is 10.7 Å². The molecule has 0 spiro atoms. The van der Waals surface area contributed by atoms with Crippen molar-refractivity contribution < 1.29 is 9.47 Å². The van der Waals surface area contributed by atoms with Crippen LogP contribution in [0.25, 0.3) is 0 Å². The van der Waals surface area contributed by atoms with Gasteiger partial charge in [-0.15, -0.1) is 24.0 Å². The summed E-state index contributed by atoms with van der Waals surface area (Å²) in [5.41, 5.74) is 7.55. The molecule has 0 saturated carbocycles. The van der Waals surface area contributed by atoms with E-state index in [4.69, 9.17) is 26.8 Å². The molecule has 1 aromatic carbocycles. The van der Waals surface area contributed by atoms with Crippen molar-refractivity contribution >= 4 is 47.2 Å². The first-order valence-corrected chi connectivity index (χ1v) is 6.89. The lowest BCUT2D eigenvalue weighted by Crippen LogP contribution is -2.22. The zero-order chi connectivity index (χ0) is 15.9. The summed E-state index contributed by atoms with van der Waals surface area (Å²) in [7, 11) is 3.13. The van der Waals surface area contributed by atoms with Crippen LogP contribution in [0.15, 0.2) is 41.5 Å². The molecule has 2 aromatic rings. The van der Waals surface area contributed by atoms with Crippen molar-refractivity contribution in [2.75, 3.05) is 19.5 Å². The lowest BCUT2D eigenvalue weighted by Gasteiger charge is -2.08. The Bertz CT molecular complexity index is 682. The Hall–Kier alpha value is -1.74. The van der Waals surface area contributed by atoms with Gasteiger partial charge in [-0.3, -0.25) is 0 Å².